The van der Waals surface area contributed by atoms with Gasteiger partial charge in [-0.05, 0) is 31.4 Å². The van der Waals surface area contributed by atoms with E-state index < -0.39 is 0 Å². The molecular weight excluding hydrogens is 260 g/mol. The van der Waals surface area contributed by atoms with E-state index in [0.717, 1.165) is 39.2 Å². The number of nitrogens with one attached hydrogen (secondary N) is 1. The average molecular weight is 290 g/mol. The van der Waals surface area contributed by atoms with Crippen LogP contribution in [0.3, 0.4) is 0 Å². The quantitative estimate of drug-likeness (QED) is 0.707. The fraction of sp³-hybridized carbons (Fsp3) is 0.667. The molecule has 1 saturated heterocycles. The molecule has 1 aromatic rings. The molecule has 21 heavy (non-hydrogen) atoms. The van der Waals surface area contributed by atoms with Crippen LogP contribution >= 0.6 is 0 Å². The Bertz CT molecular complexity index is 380. The summed E-state index contributed by atoms with van der Waals surface area (Å²) in [4.78, 5) is 2.50. The number of hydrogen-bond donors (Lipinski definition) is 1. The number of rotatable bonds is 9. The highest BCUT2D eigenvalue weighted by Gasteiger charge is 2.22. The smallest absolute Gasteiger partial charge is 0.0714 e. The molecule has 1 aliphatic heterocycles. The summed E-state index contributed by atoms with van der Waals surface area (Å²) < 4.78 is 6.01. The van der Waals surface area contributed by atoms with Crippen LogP contribution in [0.5, 0.6) is 0 Å². The summed E-state index contributed by atoms with van der Waals surface area (Å²) in [6.07, 6.45) is 3.98. The lowest BCUT2D eigenvalue weighted by Gasteiger charge is -2.16. The number of benzene rings is 1. The zero-order valence-corrected chi connectivity index (χ0v) is 13.6. The van der Waals surface area contributed by atoms with E-state index >= 15 is 0 Å². The first kappa shape index (κ1) is 16.5. The summed E-state index contributed by atoms with van der Waals surface area (Å²) in [6, 6.07) is 11.3. The molecule has 1 atom stereocenters. The molecule has 0 bridgehead atoms. The van der Waals surface area contributed by atoms with Crippen molar-refractivity contribution < 1.29 is 4.74 Å². The van der Waals surface area contributed by atoms with Gasteiger partial charge in [0.05, 0.1) is 6.10 Å². The zero-order valence-electron chi connectivity index (χ0n) is 13.6. The minimum absolute atomic E-state index is 0.437. The summed E-state index contributed by atoms with van der Waals surface area (Å²) in [6.45, 7) is 9.69. The van der Waals surface area contributed by atoms with E-state index in [1.807, 2.05) is 0 Å². The third-order valence-electron chi connectivity index (χ3n) is 3.96. The molecule has 1 fully saturated rings. The van der Waals surface area contributed by atoms with Gasteiger partial charge in [0.25, 0.3) is 0 Å². The largest absolute Gasteiger partial charge is 0.377 e. The summed E-state index contributed by atoms with van der Waals surface area (Å²) >= 11 is 0. The molecule has 0 aromatic heterocycles. The van der Waals surface area contributed by atoms with Crippen LogP contribution in [0.2, 0.25) is 0 Å². The number of unbranched alkanes of at least 4 members (excludes halogenated alkanes) is 1. The minimum atomic E-state index is 0.437. The summed E-state index contributed by atoms with van der Waals surface area (Å²) in [7, 11) is 0. The van der Waals surface area contributed by atoms with Crippen molar-refractivity contribution in [1.82, 2.24) is 10.2 Å². The Kier molecular flexibility index (Phi) is 7.20. The number of likely N-dealkylation sites (tertiary alicyclic amines) is 1. The molecule has 0 radical (unpaired) electrons. The highest BCUT2D eigenvalue weighted by molar-refractivity contribution is 5.14. The van der Waals surface area contributed by atoms with Gasteiger partial charge in [0.1, 0.15) is 0 Å². The molecule has 1 unspecified atom stereocenters. The van der Waals surface area contributed by atoms with E-state index in [2.05, 4.69) is 54.4 Å². The van der Waals surface area contributed by atoms with Crippen molar-refractivity contribution in [3.63, 3.8) is 0 Å². The Balaban J connectivity index is 1.54. The van der Waals surface area contributed by atoms with Crippen molar-refractivity contribution in [2.24, 2.45) is 0 Å². The van der Waals surface area contributed by atoms with Crippen LogP contribution in [-0.4, -0.2) is 43.3 Å². The second-order valence-electron chi connectivity index (χ2n) is 6.32. The van der Waals surface area contributed by atoms with Crippen LogP contribution in [0.15, 0.2) is 30.3 Å². The SMILES string of the molecule is CC(C)NCCCCOC1CCN(Cc2ccccc2)C1. The Morgan fingerprint density at radius 3 is 2.81 bits per heavy atom. The van der Waals surface area contributed by atoms with Gasteiger partial charge in [-0.3, -0.25) is 4.90 Å². The van der Waals surface area contributed by atoms with E-state index in [1.54, 1.807) is 0 Å². The lowest BCUT2D eigenvalue weighted by atomic mass is 10.2. The number of nitrogens with zero attached hydrogens (tertiary/aromatic N) is 1. The lowest BCUT2D eigenvalue weighted by Crippen LogP contribution is -2.25. The highest BCUT2D eigenvalue weighted by atomic mass is 16.5. The molecule has 0 aliphatic carbocycles. The van der Waals surface area contributed by atoms with Crippen LogP contribution in [0.4, 0.5) is 0 Å². The van der Waals surface area contributed by atoms with E-state index in [4.69, 9.17) is 4.74 Å². The molecule has 0 amide bonds. The van der Waals surface area contributed by atoms with Gasteiger partial charge < -0.3 is 10.1 Å². The van der Waals surface area contributed by atoms with Gasteiger partial charge in [-0.25, -0.2) is 0 Å². The molecule has 118 valence electrons. The van der Waals surface area contributed by atoms with E-state index in [0.29, 0.717) is 12.1 Å². The molecule has 3 nitrogen and oxygen atoms in total. The van der Waals surface area contributed by atoms with Crippen molar-refractivity contribution in [3.05, 3.63) is 35.9 Å². The van der Waals surface area contributed by atoms with Crippen LogP contribution in [0, 0.1) is 0 Å². The maximum absolute atomic E-state index is 6.01. The molecule has 3 heteroatoms. The maximum Gasteiger partial charge on any atom is 0.0714 e. The predicted octanol–water partition coefficient (Wildman–Crippen LogP) is 3.06. The molecule has 1 aliphatic rings. The first-order chi connectivity index (χ1) is 10.2. The summed E-state index contributed by atoms with van der Waals surface area (Å²) in [5.41, 5.74) is 1.40. The van der Waals surface area contributed by atoms with Crippen molar-refractivity contribution in [2.45, 2.75) is 51.8 Å². The van der Waals surface area contributed by atoms with Gasteiger partial charge >= 0.3 is 0 Å². The van der Waals surface area contributed by atoms with E-state index in [-0.39, 0.29) is 0 Å². The van der Waals surface area contributed by atoms with Gasteiger partial charge in [-0.15, -0.1) is 0 Å². The van der Waals surface area contributed by atoms with Gasteiger partial charge in [0, 0.05) is 32.3 Å². The first-order valence-electron chi connectivity index (χ1n) is 8.35. The van der Waals surface area contributed by atoms with E-state index in [1.165, 1.54) is 18.4 Å². The van der Waals surface area contributed by atoms with Crippen molar-refractivity contribution in [1.29, 1.82) is 0 Å². The molecule has 1 heterocycles. The van der Waals surface area contributed by atoms with Gasteiger partial charge in [-0.2, -0.15) is 0 Å². The second-order valence-corrected chi connectivity index (χ2v) is 6.32. The molecular formula is C18H30N2O. The molecule has 0 spiro atoms. The summed E-state index contributed by atoms with van der Waals surface area (Å²) in [5.74, 6) is 0. The minimum Gasteiger partial charge on any atom is -0.377 e. The molecule has 0 saturated carbocycles. The van der Waals surface area contributed by atoms with Gasteiger partial charge in [-0.1, -0.05) is 44.2 Å². The lowest BCUT2D eigenvalue weighted by molar-refractivity contribution is 0.0561. The van der Waals surface area contributed by atoms with Crippen LogP contribution in [0.25, 0.3) is 0 Å². The van der Waals surface area contributed by atoms with Crippen molar-refractivity contribution in [3.8, 4) is 0 Å². The fourth-order valence-electron chi connectivity index (χ4n) is 2.79. The van der Waals surface area contributed by atoms with Crippen LogP contribution < -0.4 is 5.32 Å². The van der Waals surface area contributed by atoms with Crippen LogP contribution in [0.1, 0.15) is 38.7 Å². The monoisotopic (exact) mass is 290 g/mol. The first-order valence-corrected chi connectivity index (χ1v) is 8.35. The molecule has 1 N–H and O–H groups in total. The number of hydrogen-bond acceptors (Lipinski definition) is 3. The van der Waals surface area contributed by atoms with Crippen molar-refractivity contribution >= 4 is 0 Å². The Labute approximate surface area is 129 Å². The maximum atomic E-state index is 6.01. The highest BCUT2D eigenvalue weighted by Crippen LogP contribution is 2.16. The second kappa shape index (κ2) is 9.19. The third kappa shape index (κ3) is 6.60. The van der Waals surface area contributed by atoms with Crippen molar-refractivity contribution in [2.75, 3.05) is 26.2 Å². The zero-order chi connectivity index (χ0) is 14.9. The topological polar surface area (TPSA) is 24.5 Å². The summed E-state index contributed by atoms with van der Waals surface area (Å²) in [5, 5.41) is 3.44. The third-order valence-corrected chi connectivity index (χ3v) is 3.96. The Morgan fingerprint density at radius 1 is 1.24 bits per heavy atom. The van der Waals surface area contributed by atoms with Crippen LogP contribution in [-0.2, 0) is 11.3 Å². The molecule has 2 rings (SSSR count). The van der Waals surface area contributed by atoms with Gasteiger partial charge in [0.15, 0.2) is 0 Å². The standard InChI is InChI=1S/C18H30N2O/c1-16(2)19-11-6-7-13-21-18-10-12-20(15-18)14-17-8-4-3-5-9-17/h3-5,8-9,16,18-19H,6-7,10-15H2,1-2H3. The Morgan fingerprint density at radius 2 is 2.05 bits per heavy atom. The average Bonchev–Trinajstić information content (AvgIpc) is 2.91. The van der Waals surface area contributed by atoms with Gasteiger partial charge in [0.2, 0.25) is 0 Å². The predicted molar refractivity (Wildman–Crippen MR) is 88.4 cm³/mol. The normalized spacial score (nSPS) is 19.5. The fourth-order valence-corrected chi connectivity index (χ4v) is 2.79. The van der Waals surface area contributed by atoms with E-state index in [9.17, 15) is 0 Å². The molecule has 1 aromatic carbocycles. The Hall–Kier alpha value is -0.900. The number of ether oxygens (including phenoxy) is 1.